The number of rotatable bonds is 7. The van der Waals surface area contributed by atoms with Crippen molar-refractivity contribution < 1.29 is 4.74 Å². The van der Waals surface area contributed by atoms with E-state index in [0.29, 0.717) is 6.54 Å². The first kappa shape index (κ1) is 17.9. The van der Waals surface area contributed by atoms with E-state index >= 15 is 0 Å². The van der Waals surface area contributed by atoms with Gasteiger partial charge in [-0.25, -0.2) is 4.98 Å². The zero-order chi connectivity index (χ0) is 19.2. The molecule has 2 N–H and O–H groups in total. The molecule has 0 unspecified atom stereocenters. The number of nitrogens with one attached hydrogen (secondary N) is 2. The first-order chi connectivity index (χ1) is 13.8. The van der Waals surface area contributed by atoms with Gasteiger partial charge in [-0.2, -0.15) is 0 Å². The molecule has 0 radical (unpaired) electrons. The van der Waals surface area contributed by atoms with E-state index in [0.717, 1.165) is 40.3 Å². The molecule has 0 aliphatic heterocycles. The lowest BCUT2D eigenvalue weighted by Gasteiger charge is -2.11. The van der Waals surface area contributed by atoms with Crippen molar-refractivity contribution >= 4 is 22.4 Å². The Bertz CT molecular complexity index is 1060. The molecule has 140 valence electrons. The number of methoxy groups -OCH3 is 1. The predicted molar refractivity (Wildman–Crippen MR) is 116 cm³/mol. The first-order valence-corrected chi connectivity index (χ1v) is 9.36. The van der Waals surface area contributed by atoms with Gasteiger partial charge in [0.1, 0.15) is 11.6 Å². The third kappa shape index (κ3) is 4.23. The van der Waals surface area contributed by atoms with Gasteiger partial charge in [0.2, 0.25) is 0 Å². The van der Waals surface area contributed by atoms with Crippen molar-refractivity contribution in [2.24, 2.45) is 0 Å². The van der Waals surface area contributed by atoms with Crippen LogP contribution in [0.5, 0.6) is 5.75 Å². The van der Waals surface area contributed by atoms with E-state index < -0.39 is 0 Å². The number of aromatic nitrogens is 1. The number of anilines is 2. The SMILES string of the molecule is COc1ccccc1CNc1ccc2cc(NCc3ccccc3)ccc2n1. The molecule has 0 aliphatic rings. The van der Waals surface area contributed by atoms with Crippen LogP contribution in [0.1, 0.15) is 11.1 Å². The van der Waals surface area contributed by atoms with E-state index in [-0.39, 0.29) is 0 Å². The Balaban J connectivity index is 1.44. The van der Waals surface area contributed by atoms with Crippen molar-refractivity contribution in [1.82, 2.24) is 4.98 Å². The Hall–Kier alpha value is -3.53. The van der Waals surface area contributed by atoms with Crippen LogP contribution in [0.2, 0.25) is 0 Å². The van der Waals surface area contributed by atoms with Crippen molar-refractivity contribution in [2.75, 3.05) is 17.7 Å². The van der Waals surface area contributed by atoms with Crippen LogP contribution >= 0.6 is 0 Å². The second-order valence-electron chi connectivity index (χ2n) is 6.61. The molecule has 0 aliphatic carbocycles. The van der Waals surface area contributed by atoms with Crippen molar-refractivity contribution in [2.45, 2.75) is 13.1 Å². The van der Waals surface area contributed by atoms with Crippen LogP contribution in [0.25, 0.3) is 10.9 Å². The summed E-state index contributed by atoms with van der Waals surface area (Å²) in [5.41, 5.74) is 4.42. The molecule has 0 bridgehead atoms. The van der Waals surface area contributed by atoms with Gasteiger partial charge in [-0.15, -0.1) is 0 Å². The van der Waals surface area contributed by atoms with Gasteiger partial charge >= 0.3 is 0 Å². The van der Waals surface area contributed by atoms with E-state index in [1.807, 2.05) is 30.3 Å². The van der Waals surface area contributed by atoms with E-state index in [4.69, 9.17) is 9.72 Å². The molecule has 28 heavy (non-hydrogen) atoms. The van der Waals surface area contributed by atoms with Crippen LogP contribution in [-0.4, -0.2) is 12.1 Å². The molecule has 4 aromatic rings. The summed E-state index contributed by atoms with van der Waals surface area (Å²) < 4.78 is 5.40. The highest BCUT2D eigenvalue weighted by molar-refractivity contribution is 5.83. The highest BCUT2D eigenvalue weighted by atomic mass is 16.5. The van der Waals surface area contributed by atoms with Crippen LogP contribution in [0.15, 0.2) is 84.9 Å². The normalized spacial score (nSPS) is 10.6. The first-order valence-electron chi connectivity index (χ1n) is 9.36. The zero-order valence-electron chi connectivity index (χ0n) is 15.9. The van der Waals surface area contributed by atoms with E-state index in [1.54, 1.807) is 7.11 Å². The summed E-state index contributed by atoms with van der Waals surface area (Å²) in [5.74, 6) is 1.73. The lowest BCUT2D eigenvalue weighted by atomic mass is 10.1. The maximum atomic E-state index is 5.40. The van der Waals surface area contributed by atoms with E-state index in [9.17, 15) is 0 Å². The van der Waals surface area contributed by atoms with Gasteiger partial charge in [0.15, 0.2) is 0 Å². The van der Waals surface area contributed by atoms with E-state index in [1.165, 1.54) is 5.56 Å². The standard InChI is InChI=1S/C24H23N3O/c1-28-23-10-6-5-9-20(23)17-26-24-14-11-19-15-21(12-13-22(19)27-24)25-16-18-7-3-2-4-8-18/h2-15,25H,16-17H2,1H3,(H,26,27). The highest BCUT2D eigenvalue weighted by Crippen LogP contribution is 2.22. The number of ether oxygens (including phenoxy) is 1. The minimum absolute atomic E-state index is 0.666. The summed E-state index contributed by atoms with van der Waals surface area (Å²) in [7, 11) is 1.69. The summed E-state index contributed by atoms with van der Waals surface area (Å²) >= 11 is 0. The molecule has 4 rings (SSSR count). The van der Waals surface area contributed by atoms with Crippen LogP contribution < -0.4 is 15.4 Å². The van der Waals surface area contributed by atoms with Crippen LogP contribution in [0, 0.1) is 0 Å². The molecule has 0 spiro atoms. The fraction of sp³-hybridized carbons (Fsp3) is 0.125. The van der Waals surface area contributed by atoms with Crippen LogP contribution in [0.4, 0.5) is 11.5 Å². The Labute approximate surface area is 165 Å². The number of benzene rings is 3. The Morgan fingerprint density at radius 1 is 0.786 bits per heavy atom. The largest absolute Gasteiger partial charge is 0.496 e. The maximum absolute atomic E-state index is 5.40. The molecule has 0 fully saturated rings. The number of pyridine rings is 1. The quantitative estimate of drug-likeness (QED) is 0.454. The lowest BCUT2D eigenvalue weighted by Crippen LogP contribution is -2.03. The molecule has 0 saturated heterocycles. The lowest BCUT2D eigenvalue weighted by molar-refractivity contribution is 0.410. The molecular formula is C24H23N3O. The average Bonchev–Trinajstić information content (AvgIpc) is 2.77. The van der Waals surface area contributed by atoms with Crippen molar-refractivity contribution in [3.05, 3.63) is 96.1 Å². The average molecular weight is 369 g/mol. The smallest absolute Gasteiger partial charge is 0.126 e. The van der Waals surface area contributed by atoms with E-state index in [2.05, 4.69) is 65.2 Å². The summed E-state index contributed by atoms with van der Waals surface area (Å²) in [6.07, 6.45) is 0. The molecule has 4 heteroatoms. The Morgan fingerprint density at radius 3 is 2.46 bits per heavy atom. The zero-order valence-corrected chi connectivity index (χ0v) is 15.9. The number of hydrogen-bond acceptors (Lipinski definition) is 4. The Kier molecular flexibility index (Phi) is 5.38. The number of nitrogens with zero attached hydrogens (tertiary/aromatic N) is 1. The van der Waals surface area contributed by atoms with Gasteiger partial charge < -0.3 is 15.4 Å². The topological polar surface area (TPSA) is 46.2 Å². The van der Waals surface area contributed by atoms with Gasteiger partial charge in [0, 0.05) is 29.7 Å². The molecule has 0 amide bonds. The predicted octanol–water partition coefficient (Wildman–Crippen LogP) is 5.47. The molecule has 0 atom stereocenters. The summed E-state index contributed by atoms with van der Waals surface area (Å²) in [5, 5.41) is 7.96. The molecular weight excluding hydrogens is 346 g/mol. The second-order valence-corrected chi connectivity index (χ2v) is 6.61. The van der Waals surface area contributed by atoms with Gasteiger partial charge in [-0.3, -0.25) is 0 Å². The van der Waals surface area contributed by atoms with Gasteiger partial charge in [0.25, 0.3) is 0 Å². The third-order valence-electron chi connectivity index (χ3n) is 4.68. The number of fused-ring (bicyclic) bond motifs is 1. The maximum Gasteiger partial charge on any atom is 0.126 e. The molecule has 1 heterocycles. The minimum atomic E-state index is 0.666. The molecule has 3 aromatic carbocycles. The van der Waals surface area contributed by atoms with Crippen LogP contribution in [-0.2, 0) is 13.1 Å². The molecule has 4 nitrogen and oxygen atoms in total. The second kappa shape index (κ2) is 8.44. The summed E-state index contributed by atoms with van der Waals surface area (Å²) in [4.78, 5) is 4.73. The fourth-order valence-corrected chi connectivity index (χ4v) is 3.17. The molecule has 1 aromatic heterocycles. The minimum Gasteiger partial charge on any atom is -0.496 e. The van der Waals surface area contributed by atoms with Crippen molar-refractivity contribution in [3.63, 3.8) is 0 Å². The fourth-order valence-electron chi connectivity index (χ4n) is 3.17. The summed E-state index contributed by atoms with van der Waals surface area (Å²) in [6, 6.07) is 28.8. The van der Waals surface area contributed by atoms with Gasteiger partial charge in [-0.1, -0.05) is 48.5 Å². The monoisotopic (exact) mass is 369 g/mol. The van der Waals surface area contributed by atoms with Gasteiger partial charge in [0.05, 0.1) is 12.6 Å². The number of hydrogen-bond donors (Lipinski definition) is 2. The Morgan fingerprint density at radius 2 is 1.61 bits per heavy atom. The summed E-state index contributed by atoms with van der Waals surface area (Å²) in [6.45, 7) is 1.47. The molecule has 0 saturated carbocycles. The highest BCUT2D eigenvalue weighted by Gasteiger charge is 2.04. The number of para-hydroxylation sites is 1. The van der Waals surface area contributed by atoms with Crippen molar-refractivity contribution in [1.29, 1.82) is 0 Å². The van der Waals surface area contributed by atoms with Crippen LogP contribution in [0.3, 0.4) is 0 Å². The van der Waals surface area contributed by atoms with Crippen molar-refractivity contribution in [3.8, 4) is 5.75 Å². The van der Waals surface area contributed by atoms with Gasteiger partial charge in [-0.05, 0) is 42.0 Å². The third-order valence-corrected chi connectivity index (χ3v) is 4.68.